The van der Waals surface area contributed by atoms with Crippen LogP contribution in [0.5, 0.6) is 0 Å². The first kappa shape index (κ1) is 19.2. The molecule has 0 atom stereocenters. The maximum absolute atomic E-state index is 11.2. The molecule has 1 N–H and O–H groups in total. The lowest BCUT2D eigenvalue weighted by Crippen LogP contribution is -2.21. The first-order valence-corrected chi connectivity index (χ1v) is 8.73. The normalized spacial score (nSPS) is 11.1. The smallest absolute Gasteiger partial charge is 0.219 e. The highest BCUT2D eigenvalue weighted by Gasteiger charge is 1.98. The molecule has 118 valence electrons. The van der Waals surface area contributed by atoms with Gasteiger partial charge in [-0.3, -0.25) is 4.79 Å². The van der Waals surface area contributed by atoms with Crippen molar-refractivity contribution in [3.8, 4) is 0 Å². The molecule has 2 heteroatoms. The van der Waals surface area contributed by atoms with Gasteiger partial charge < -0.3 is 5.32 Å². The fraction of sp³-hybridized carbons (Fsp3) is 0.833. The van der Waals surface area contributed by atoms with Crippen LogP contribution in [0, 0.1) is 0 Å². The molecule has 0 rings (SSSR count). The molecule has 0 aromatic carbocycles. The molecule has 0 aliphatic heterocycles. The monoisotopic (exact) mass is 281 g/mol. The highest BCUT2D eigenvalue weighted by atomic mass is 16.1. The highest BCUT2D eigenvalue weighted by Crippen LogP contribution is 2.08. The molecule has 0 saturated heterocycles. The van der Waals surface area contributed by atoms with Gasteiger partial charge >= 0.3 is 0 Å². The molecule has 0 spiro atoms. The Bertz CT molecular complexity index is 236. The summed E-state index contributed by atoms with van der Waals surface area (Å²) in [6.07, 6.45) is 19.4. The number of carbonyl (C=O) groups excluding carboxylic acids is 1. The number of amides is 1. The molecule has 0 bridgehead atoms. The summed E-state index contributed by atoms with van der Waals surface area (Å²) in [7, 11) is 0. The van der Waals surface area contributed by atoms with Crippen LogP contribution in [0.2, 0.25) is 0 Å². The number of allylic oxidation sites excluding steroid dienone is 2. The Morgan fingerprint density at radius 2 is 1.35 bits per heavy atom. The zero-order valence-electron chi connectivity index (χ0n) is 13.8. The van der Waals surface area contributed by atoms with E-state index in [1.807, 2.05) is 6.92 Å². The average molecular weight is 281 g/mol. The first-order valence-electron chi connectivity index (χ1n) is 8.73. The van der Waals surface area contributed by atoms with E-state index < -0.39 is 0 Å². The maximum Gasteiger partial charge on any atom is 0.219 e. The van der Waals surface area contributed by atoms with Crippen LogP contribution in [0.4, 0.5) is 0 Å². The summed E-state index contributed by atoms with van der Waals surface area (Å²) < 4.78 is 0. The summed E-state index contributed by atoms with van der Waals surface area (Å²) in [4.78, 5) is 11.2. The summed E-state index contributed by atoms with van der Waals surface area (Å²) in [5.74, 6) is 0.207. The lowest BCUT2D eigenvalue weighted by molar-refractivity contribution is -0.121. The molecular weight excluding hydrogens is 246 g/mol. The van der Waals surface area contributed by atoms with Crippen molar-refractivity contribution in [1.29, 1.82) is 0 Å². The Morgan fingerprint density at radius 1 is 0.800 bits per heavy atom. The molecule has 0 radical (unpaired) electrons. The van der Waals surface area contributed by atoms with E-state index in [2.05, 4.69) is 24.4 Å². The molecule has 2 nitrogen and oxygen atoms in total. The second kappa shape index (κ2) is 16.3. The van der Waals surface area contributed by atoms with E-state index in [0.29, 0.717) is 6.42 Å². The Balaban J connectivity index is 3.12. The fourth-order valence-corrected chi connectivity index (χ4v) is 2.29. The Labute approximate surface area is 126 Å². The largest absolute Gasteiger partial charge is 0.356 e. The van der Waals surface area contributed by atoms with E-state index in [1.165, 1.54) is 64.2 Å². The molecule has 0 heterocycles. The molecule has 0 aliphatic carbocycles. The lowest BCUT2D eigenvalue weighted by Gasteiger charge is -2.02. The van der Waals surface area contributed by atoms with Crippen molar-refractivity contribution in [3.05, 3.63) is 12.2 Å². The molecule has 0 aromatic heterocycles. The second-order valence-corrected chi connectivity index (χ2v) is 5.58. The van der Waals surface area contributed by atoms with Crippen LogP contribution in [0.25, 0.3) is 0 Å². The summed E-state index contributed by atoms with van der Waals surface area (Å²) in [5, 5.41) is 2.84. The van der Waals surface area contributed by atoms with Crippen LogP contribution < -0.4 is 5.32 Å². The van der Waals surface area contributed by atoms with Crippen molar-refractivity contribution in [2.75, 3.05) is 6.54 Å². The van der Waals surface area contributed by atoms with Crippen LogP contribution in [0.15, 0.2) is 12.2 Å². The standard InChI is InChI=1S/C18H35NO/c1-3-5-6-7-8-9-10-11-12-13-14-15-16-17-18(20)19-4-2/h9-10H,3-8,11-17H2,1-2H3,(H,19,20)/b10-9-. The third-order valence-corrected chi connectivity index (χ3v) is 3.54. The molecule has 20 heavy (non-hydrogen) atoms. The molecule has 0 unspecified atom stereocenters. The zero-order valence-corrected chi connectivity index (χ0v) is 13.8. The molecule has 0 aliphatic rings. The fourth-order valence-electron chi connectivity index (χ4n) is 2.29. The Kier molecular flexibility index (Phi) is 15.6. The summed E-state index contributed by atoms with van der Waals surface area (Å²) in [6, 6.07) is 0. The van der Waals surface area contributed by atoms with E-state index in [0.717, 1.165) is 13.0 Å². The summed E-state index contributed by atoms with van der Waals surface area (Å²) in [6.45, 7) is 4.98. The van der Waals surface area contributed by atoms with E-state index in [4.69, 9.17) is 0 Å². The third kappa shape index (κ3) is 15.3. The first-order chi connectivity index (χ1) is 9.81. The van der Waals surface area contributed by atoms with Gasteiger partial charge in [-0.15, -0.1) is 0 Å². The van der Waals surface area contributed by atoms with Gasteiger partial charge in [-0.1, -0.05) is 57.6 Å². The minimum atomic E-state index is 0.207. The number of carbonyl (C=O) groups is 1. The van der Waals surface area contributed by atoms with Crippen molar-refractivity contribution < 1.29 is 4.79 Å². The highest BCUT2D eigenvalue weighted by molar-refractivity contribution is 5.75. The van der Waals surface area contributed by atoms with Gasteiger partial charge in [-0.05, 0) is 39.0 Å². The molecule has 0 saturated carbocycles. The zero-order chi connectivity index (χ0) is 14.9. The van der Waals surface area contributed by atoms with Crippen molar-refractivity contribution in [1.82, 2.24) is 5.32 Å². The number of unbranched alkanes of at least 4 members (excludes halogenated alkanes) is 9. The minimum absolute atomic E-state index is 0.207. The van der Waals surface area contributed by atoms with Crippen LogP contribution >= 0.6 is 0 Å². The van der Waals surface area contributed by atoms with Crippen LogP contribution in [0.1, 0.15) is 90.9 Å². The van der Waals surface area contributed by atoms with Gasteiger partial charge in [0.2, 0.25) is 5.91 Å². The molecule has 0 fully saturated rings. The van der Waals surface area contributed by atoms with Gasteiger partial charge in [0.25, 0.3) is 0 Å². The number of hydrogen-bond donors (Lipinski definition) is 1. The van der Waals surface area contributed by atoms with E-state index in [9.17, 15) is 4.79 Å². The quantitative estimate of drug-likeness (QED) is 0.336. The van der Waals surface area contributed by atoms with Crippen molar-refractivity contribution >= 4 is 5.91 Å². The topological polar surface area (TPSA) is 29.1 Å². The van der Waals surface area contributed by atoms with Crippen molar-refractivity contribution in [2.24, 2.45) is 0 Å². The maximum atomic E-state index is 11.2. The van der Waals surface area contributed by atoms with Crippen LogP contribution in [0.3, 0.4) is 0 Å². The van der Waals surface area contributed by atoms with E-state index in [1.54, 1.807) is 0 Å². The van der Waals surface area contributed by atoms with Gasteiger partial charge in [0, 0.05) is 13.0 Å². The van der Waals surface area contributed by atoms with Crippen LogP contribution in [-0.2, 0) is 4.79 Å². The number of hydrogen-bond acceptors (Lipinski definition) is 1. The SMILES string of the molecule is CCCCCC/C=C\CCCCCCCC(=O)NCC. The second-order valence-electron chi connectivity index (χ2n) is 5.58. The average Bonchev–Trinajstić information content (AvgIpc) is 2.44. The third-order valence-electron chi connectivity index (χ3n) is 3.54. The summed E-state index contributed by atoms with van der Waals surface area (Å²) in [5.41, 5.74) is 0. The molecule has 1 amide bonds. The van der Waals surface area contributed by atoms with Gasteiger partial charge in [-0.25, -0.2) is 0 Å². The van der Waals surface area contributed by atoms with Gasteiger partial charge in [0.05, 0.1) is 0 Å². The van der Waals surface area contributed by atoms with E-state index in [-0.39, 0.29) is 5.91 Å². The van der Waals surface area contributed by atoms with Crippen molar-refractivity contribution in [2.45, 2.75) is 90.9 Å². The lowest BCUT2D eigenvalue weighted by atomic mass is 10.1. The van der Waals surface area contributed by atoms with Crippen molar-refractivity contribution in [3.63, 3.8) is 0 Å². The van der Waals surface area contributed by atoms with Gasteiger partial charge in [-0.2, -0.15) is 0 Å². The predicted molar refractivity (Wildman–Crippen MR) is 88.9 cm³/mol. The molecule has 0 aromatic rings. The Morgan fingerprint density at radius 3 is 1.95 bits per heavy atom. The van der Waals surface area contributed by atoms with Gasteiger partial charge in [0.15, 0.2) is 0 Å². The molecular formula is C18H35NO. The number of rotatable bonds is 14. The van der Waals surface area contributed by atoms with E-state index >= 15 is 0 Å². The van der Waals surface area contributed by atoms with Gasteiger partial charge in [0.1, 0.15) is 0 Å². The minimum Gasteiger partial charge on any atom is -0.356 e. The number of nitrogens with one attached hydrogen (secondary N) is 1. The Hall–Kier alpha value is -0.790. The predicted octanol–water partition coefficient (Wildman–Crippen LogP) is 5.38. The summed E-state index contributed by atoms with van der Waals surface area (Å²) >= 11 is 0. The van der Waals surface area contributed by atoms with Crippen LogP contribution in [-0.4, -0.2) is 12.5 Å².